The quantitative estimate of drug-likeness (QED) is 0.712. The van der Waals surface area contributed by atoms with Gasteiger partial charge in [0.15, 0.2) is 0 Å². The summed E-state index contributed by atoms with van der Waals surface area (Å²) in [6.45, 7) is 8.38. The van der Waals surface area contributed by atoms with Crippen molar-refractivity contribution in [1.29, 1.82) is 0 Å². The fourth-order valence-electron chi connectivity index (χ4n) is 1.79. The van der Waals surface area contributed by atoms with E-state index in [1.54, 1.807) is 0 Å². The van der Waals surface area contributed by atoms with Crippen LogP contribution in [0.4, 0.5) is 0 Å². The molecule has 14 heavy (non-hydrogen) atoms. The van der Waals surface area contributed by atoms with Crippen LogP contribution in [-0.2, 0) is 10.8 Å². The van der Waals surface area contributed by atoms with Crippen molar-refractivity contribution in [3.8, 4) is 0 Å². The Morgan fingerprint density at radius 3 is 2.14 bits per heavy atom. The van der Waals surface area contributed by atoms with Crippen molar-refractivity contribution >= 4 is 10.8 Å². The summed E-state index contributed by atoms with van der Waals surface area (Å²) < 4.78 is 12.0. The molecule has 0 aromatic rings. The number of hydrogen-bond donors (Lipinski definition) is 1. The predicted octanol–water partition coefficient (Wildman–Crippen LogP) is 2.31. The molecule has 0 aliphatic carbocycles. The molecule has 0 aliphatic heterocycles. The number of hydrogen-bond acceptors (Lipinski definition) is 2. The topological polar surface area (TPSA) is 29.1 Å². The van der Waals surface area contributed by atoms with Crippen LogP contribution in [0, 0.1) is 0 Å². The maximum atomic E-state index is 12.0. The summed E-state index contributed by atoms with van der Waals surface area (Å²) in [6, 6.07) is 0.410. The molecule has 3 heteroatoms. The molecule has 0 aliphatic rings. The van der Waals surface area contributed by atoms with Crippen LogP contribution in [-0.4, -0.2) is 27.8 Å². The Kier molecular flexibility index (Phi) is 7.47. The van der Waals surface area contributed by atoms with Crippen molar-refractivity contribution in [2.75, 3.05) is 7.05 Å². The second-order valence-corrected chi connectivity index (χ2v) is 6.21. The van der Waals surface area contributed by atoms with Gasteiger partial charge in [0.1, 0.15) is 0 Å². The molecule has 3 unspecified atom stereocenters. The molecule has 0 heterocycles. The lowest BCUT2D eigenvalue weighted by molar-refractivity contribution is 0.479. The third-order valence-corrected chi connectivity index (χ3v) is 4.77. The molecule has 0 radical (unpaired) electrons. The summed E-state index contributed by atoms with van der Waals surface area (Å²) in [5.41, 5.74) is 0. The maximum absolute atomic E-state index is 12.0. The van der Waals surface area contributed by atoms with E-state index >= 15 is 0 Å². The third-order valence-electron chi connectivity index (χ3n) is 2.58. The SMILES string of the molecule is CCCC(NC)C(CC)S(=O)C(C)C. The zero-order valence-corrected chi connectivity index (χ0v) is 11.0. The van der Waals surface area contributed by atoms with Gasteiger partial charge in [-0.1, -0.05) is 34.1 Å². The first kappa shape index (κ1) is 14.1. The fraction of sp³-hybridized carbons (Fsp3) is 1.00. The minimum absolute atomic E-state index is 0.271. The lowest BCUT2D eigenvalue weighted by Gasteiger charge is -2.26. The molecule has 1 N–H and O–H groups in total. The molecule has 3 atom stereocenters. The Labute approximate surface area is 91.3 Å². The summed E-state index contributed by atoms with van der Waals surface area (Å²) in [7, 11) is 1.27. The Morgan fingerprint density at radius 1 is 1.29 bits per heavy atom. The van der Waals surface area contributed by atoms with Crippen molar-refractivity contribution in [1.82, 2.24) is 5.32 Å². The van der Waals surface area contributed by atoms with Crippen LogP contribution in [0.3, 0.4) is 0 Å². The second kappa shape index (κ2) is 7.41. The van der Waals surface area contributed by atoms with Crippen LogP contribution >= 0.6 is 0 Å². The van der Waals surface area contributed by atoms with E-state index in [2.05, 4.69) is 19.2 Å². The van der Waals surface area contributed by atoms with Gasteiger partial charge in [0.05, 0.1) is 5.25 Å². The lowest BCUT2D eigenvalue weighted by atomic mass is 10.1. The molecule has 0 spiro atoms. The van der Waals surface area contributed by atoms with Gasteiger partial charge in [-0.15, -0.1) is 0 Å². The maximum Gasteiger partial charge on any atom is 0.0501 e. The summed E-state index contributed by atoms with van der Waals surface area (Å²) in [5.74, 6) is 0. The monoisotopic (exact) mass is 219 g/mol. The summed E-state index contributed by atoms with van der Waals surface area (Å²) in [6.07, 6.45) is 3.26. The van der Waals surface area contributed by atoms with Gasteiger partial charge in [0.25, 0.3) is 0 Å². The molecule has 0 fully saturated rings. The molecule has 86 valence electrons. The molecule has 0 amide bonds. The summed E-state index contributed by atoms with van der Waals surface area (Å²) in [4.78, 5) is 0. The Balaban J connectivity index is 4.42. The van der Waals surface area contributed by atoms with Crippen molar-refractivity contribution < 1.29 is 4.21 Å². The van der Waals surface area contributed by atoms with E-state index in [-0.39, 0.29) is 5.25 Å². The Hall–Kier alpha value is 0.110. The molecule has 0 aromatic carbocycles. The number of rotatable bonds is 7. The van der Waals surface area contributed by atoms with E-state index in [4.69, 9.17) is 0 Å². The van der Waals surface area contributed by atoms with Crippen molar-refractivity contribution in [3.05, 3.63) is 0 Å². The largest absolute Gasteiger partial charge is 0.316 e. The van der Waals surface area contributed by atoms with Gasteiger partial charge in [-0.05, 0) is 19.9 Å². The average molecular weight is 219 g/mol. The van der Waals surface area contributed by atoms with Gasteiger partial charge < -0.3 is 5.32 Å². The van der Waals surface area contributed by atoms with Crippen molar-refractivity contribution in [2.24, 2.45) is 0 Å². The highest BCUT2D eigenvalue weighted by atomic mass is 32.2. The second-order valence-electron chi connectivity index (χ2n) is 4.01. The van der Waals surface area contributed by atoms with Gasteiger partial charge in [0.2, 0.25) is 0 Å². The van der Waals surface area contributed by atoms with Gasteiger partial charge >= 0.3 is 0 Å². The Morgan fingerprint density at radius 2 is 1.86 bits per heavy atom. The highest BCUT2D eigenvalue weighted by Gasteiger charge is 2.25. The van der Waals surface area contributed by atoms with Gasteiger partial charge in [0, 0.05) is 22.1 Å². The van der Waals surface area contributed by atoms with E-state index < -0.39 is 10.8 Å². The lowest BCUT2D eigenvalue weighted by Crippen LogP contribution is -2.41. The smallest absolute Gasteiger partial charge is 0.0501 e. The molecular weight excluding hydrogens is 194 g/mol. The number of nitrogens with one attached hydrogen (secondary N) is 1. The summed E-state index contributed by atoms with van der Waals surface area (Å²) >= 11 is 0. The molecule has 0 rings (SSSR count). The van der Waals surface area contributed by atoms with Crippen LogP contribution in [0.5, 0.6) is 0 Å². The third kappa shape index (κ3) is 4.09. The van der Waals surface area contributed by atoms with Crippen molar-refractivity contribution in [3.63, 3.8) is 0 Å². The molecule has 0 aromatic heterocycles. The normalized spacial score (nSPS) is 18.1. The van der Waals surface area contributed by atoms with Crippen molar-refractivity contribution in [2.45, 2.75) is 63.5 Å². The van der Waals surface area contributed by atoms with E-state index in [0.29, 0.717) is 11.3 Å². The Bertz CT molecular complexity index is 171. The first-order valence-corrected chi connectivity index (χ1v) is 6.92. The van der Waals surface area contributed by atoms with Crippen LogP contribution in [0.25, 0.3) is 0 Å². The molecule has 0 saturated heterocycles. The van der Waals surface area contributed by atoms with Gasteiger partial charge in [-0.3, -0.25) is 4.21 Å². The van der Waals surface area contributed by atoms with E-state index in [1.165, 1.54) is 0 Å². The molecule has 0 saturated carbocycles. The minimum Gasteiger partial charge on any atom is -0.316 e. The standard InChI is InChI=1S/C11H25NOS/c1-6-8-10(12-5)11(7-2)14(13)9(3)4/h9-12H,6-8H2,1-5H3. The predicted molar refractivity (Wildman–Crippen MR) is 65.1 cm³/mol. The highest BCUT2D eigenvalue weighted by Crippen LogP contribution is 2.15. The molecule has 2 nitrogen and oxygen atoms in total. The first-order valence-electron chi connectivity index (χ1n) is 5.65. The van der Waals surface area contributed by atoms with E-state index in [0.717, 1.165) is 19.3 Å². The van der Waals surface area contributed by atoms with Crippen LogP contribution in [0.1, 0.15) is 47.0 Å². The fourth-order valence-corrected chi connectivity index (χ4v) is 3.41. The zero-order chi connectivity index (χ0) is 11.1. The zero-order valence-electron chi connectivity index (χ0n) is 10.2. The highest BCUT2D eigenvalue weighted by molar-refractivity contribution is 7.86. The molecule has 0 bridgehead atoms. The first-order chi connectivity index (χ1) is 6.58. The average Bonchev–Trinajstić information content (AvgIpc) is 2.17. The van der Waals surface area contributed by atoms with Crippen LogP contribution < -0.4 is 5.32 Å². The minimum atomic E-state index is -0.703. The van der Waals surface area contributed by atoms with Gasteiger partial charge in [-0.25, -0.2) is 0 Å². The summed E-state index contributed by atoms with van der Waals surface area (Å²) in [5, 5.41) is 3.87. The van der Waals surface area contributed by atoms with Crippen LogP contribution in [0.2, 0.25) is 0 Å². The van der Waals surface area contributed by atoms with E-state index in [1.807, 2.05) is 20.9 Å². The van der Waals surface area contributed by atoms with Crippen LogP contribution in [0.15, 0.2) is 0 Å². The van der Waals surface area contributed by atoms with Gasteiger partial charge in [-0.2, -0.15) is 0 Å². The van der Waals surface area contributed by atoms with E-state index in [9.17, 15) is 4.21 Å². The molecular formula is C11H25NOS.